The summed E-state index contributed by atoms with van der Waals surface area (Å²) < 4.78 is 22.2. The van der Waals surface area contributed by atoms with Crippen molar-refractivity contribution >= 4 is 99.7 Å². The van der Waals surface area contributed by atoms with Gasteiger partial charge in [0.15, 0.2) is 0 Å². The van der Waals surface area contributed by atoms with Gasteiger partial charge in [-0.2, -0.15) is 11.8 Å². The summed E-state index contributed by atoms with van der Waals surface area (Å²) in [7, 11) is 0. The molecule has 1 saturated heterocycles. The summed E-state index contributed by atoms with van der Waals surface area (Å²) in [5.74, 6) is -11.5. The van der Waals surface area contributed by atoms with Gasteiger partial charge < -0.3 is 97.7 Å². The van der Waals surface area contributed by atoms with Crippen molar-refractivity contribution < 1.29 is 107 Å². The molecule has 1 aliphatic rings. The number of benzene rings is 3. The number of ether oxygens (including phenoxy) is 4. The normalized spacial score (nSPS) is 15.1. The molecule has 588 valence electrons. The van der Waals surface area contributed by atoms with Crippen LogP contribution >= 0.6 is 11.8 Å². The number of aromatic amines is 1. The van der Waals surface area contributed by atoms with Crippen molar-refractivity contribution in [2.45, 2.75) is 81.7 Å². The van der Waals surface area contributed by atoms with Crippen LogP contribution in [0.5, 0.6) is 5.75 Å². The molecule has 0 radical (unpaired) electrons. The number of carbonyl (C=O) groups excluding carboxylic acids is 9. The molecule has 5 rings (SSSR count). The lowest BCUT2D eigenvalue weighted by Crippen LogP contribution is -2.59. The number of rotatable bonds is 48. The maximum Gasteiger partial charge on any atom is 0.317 e. The molecule has 1 fully saturated rings. The highest BCUT2D eigenvalue weighted by Gasteiger charge is 2.34. The molecule has 1 aliphatic heterocycles. The Bertz CT molecular complexity index is 3510. The summed E-state index contributed by atoms with van der Waals surface area (Å²) in [5.41, 5.74) is 8.01. The van der Waals surface area contributed by atoms with Gasteiger partial charge in [0.25, 0.3) is 0 Å². The summed E-state index contributed by atoms with van der Waals surface area (Å²) in [4.78, 5) is 179. The second-order valence-electron chi connectivity index (χ2n) is 25.1. The highest BCUT2D eigenvalue weighted by molar-refractivity contribution is 7.98. The molecule has 4 aromatic rings. The Morgan fingerprint density at radius 1 is 0.477 bits per heavy atom. The Labute approximate surface area is 622 Å². The van der Waals surface area contributed by atoms with Gasteiger partial charge in [-0.25, -0.2) is 0 Å². The van der Waals surface area contributed by atoms with Crippen LogP contribution in [-0.4, -0.2) is 320 Å². The number of amides is 9. The van der Waals surface area contributed by atoms with Crippen LogP contribution in [0.25, 0.3) is 10.9 Å². The monoisotopic (exact) mass is 1520 g/mol. The van der Waals surface area contributed by atoms with Gasteiger partial charge in [0.05, 0.1) is 92.0 Å². The minimum Gasteiger partial charge on any atom is -0.508 e. The van der Waals surface area contributed by atoms with Gasteiger partial charge in [0.1, 0.15) is 42.0 Å². The van der Waals surface area contributed by atoms with Gasteiger partial charge in [-0.1, -0.05) is 60.7 Å². The van der Waals surface area contributed by atoms with E-state index >= 15 is 0 Å². The number of carboxylic acids is 4. The average Bonchev–Trinajstić information content (AvgIpc) is 1.70. The van der Waals surface area contributed by atoms with E-state index in [1.807, 2.05) is 4.90 Å². The number of nitrogens with one attached hydrogen (secondary N) is 9. The fraction of sp³-hybridized carbons (Fsp3) is 0.529. The van der Waals surface area contributed by atoms with E-state index in [-0.39, 0.29) is 174 Å². The number of nitrogens with zero attached hydrogens (tertiary/aromatic N) is 4. The standard InChI is InChI=1S/C70H100N14O22S/c1-46(75-58(86)16-27-103-29-31-105-33-34-106-32-30-104-28-18-72-60(88)42-81-19-21-82(43-62(91)92)23-25-84(45-64(95)96)26-24-83(22-20-81)44-63(93)94)66(98)79-55(37-48-12-14-50(85)15-13-48)67(99)74-41-59(87)76-56(38-49-40-73-52-11-7-6-10-51(49)52)69(101)77-53(17-35-107-2)68(100)80-57(39-61(89)90)70(102)78-54(65(71)97)36-47-8-4-3-5-9-47/h3-15,40,46,53-57,73,85H,16-39,41-45H2,1-2H3,(H2,71,97)(H,72,88)(H,74,99)(H,75,86)(H,76,87)(H,77,101)(H,78,102)(H,79,98)(H,80,100)(H,89,90)(H,91,92)(H,93,94)(H,95,96)/t46-,53-,54-,55-,56-,57-/m0/s1. The molecule has 3 aromatic carbocycles. The third-order valence-corrected chi connectivity index (χ3v) is 17.3. The van der Waals surface area contributed by atoms with Gasteiger partial charge >= 0.3 is 23.9 Å². The van der Waals surface area contributed by atoms with Gasteiger partial charge in [-0.3, -0.25) is 81.9 Å². The lowest BCUT2D eigenvalue weighted by atomic mass is 10.0. The smallest absolute Gasteiger partial charge is 0.317 e. The van der Waals surface area contributed by atoms with Crippen LogP contribution in [0, 0.1) is 0 Å². The quantitative estimate of drug-likeness (QED) is 0.0193. The molecule has 1 aromatic heterocycles. The molecule has 0 bridgehead atoms. The molecule has 9 amide bonds. The van der Waals surface area contributed by atoms with E-state index in [9.17, 15) is 87.9 Å². The summed E-state index contributed by atoms with van der Waals surface area (Å²) >= 11 is 1.32. The molecular formula is C70H100N14O22S. The van der Waals surface area contributed by atoms with Crippen LogP contribution < -0.4 is 48.3 Å². The SMILES string of the molecule is CSCC[C@H](NC(=O)[C@H](Cc1c[nH]c2ccccc12)NC(=O)CNC(=O)[C@H](Cc1ccc(O)cc1)NC(=O)[C@H](C)NC(=O)CCOCCOCCOCCOCCNC(=O)CN1CCN(CC(=O)O)CCN(CC(=O)O)CCN(CC(=O)O)CC1)C(=O)N[C@@H](CC(=O)O)C(=O)N[C@@H](Cc1ccccc1)C(N)=O. The molecule has 37 heteroatoms. The van der Waals surface area contributed by atoms with Crippen molar-refractivity contribution in [3.05, 3.63) is 102 Å². The summed E-state index contributed by atoms with van der Waals surface area (Å²) in [6, 6.07) is 13.1. The molecule has 16 N–H and O–H groups in total. The Hall–Kier alpha value is -9.86. The highest BCUT2D eigenvalue weighted by atomic mass is 32.2. The number of carbonyl (C=O) groups is 13. The van der Waals surface area contributed by atoms with Crippen LogP contribution in [0.3, 0.4) is 0 Å². The predicted octanol–water partition coefficient (Wildman–Crippen LogP) is -3.29. The van der Waals surface area contributed by atoms with Crippen LogP contribution in [0.2, 0.25) is 0 Å². The van der Waals surface area contributed by atoms with E-state index < -0.39 is 120 Å². The van der Waals surface area contributed by atoms with E-state index in [0.717, 1.165) is 0 Å². The molecule has 6 atom stereocenters. The Morgan fingerprint density at radius 3 is 1.50 bits per heavy atom. The van der Waals surface area contributed by atoms with E-state index in [2.05, 4.69) is 47.5 Å². The first-order valence-electron chi connectivity index (χ1n) is 34.8. The first-order valence-corrected chi connectivity index (χ1v) is 36.2. The minimum atomic E-state index is -1.73. The Kier molecular flexibility index (Phi) is 39.7. The minimum absolute atomic E-state index is 0.0292. The van der Waals surface area contributed by atoms with Crippen LogP contribution in [-0.2, 0) is 101 Å². The molecule has 0 aliphatic carbocycles. The fourth-order valence-corrected chi connectivity index (χ4v) is 11.5. The van der Waals surface area contributed by atoms with E-state index in [0.29, 0.717) is 40.7 Å². The third-order valence-electron chi connectivity index (χ3n) is 16.7. The maximum absolute atomic E-state index is 14.5. The zero-order valence-electron chi connectivity index (χ0n) is 60.0. The van der Waals surface area contributed by atoms with Crippen molar-refractivity contribution in [2.75, 3.05) is 156 Å². The first kappa shape index (κ1) is 87.8. The number of carboxylic acid groups (broad SMARTS) is 4. The Balaban J connectivity index is 1.04. The molecule has 0 spiro atoms. The number of primary amides is 1. The number of nitrogens with two attached hydrogens (primary N) is 1. The number of H-pyrrole nitrogens is 1. The number of aromatic nitrogens is 1. The zero-order valence-corrected chi connectivity index (χ0v) is 60.8. The second-order valence-corrected chi connectivity index (χ2v) is 26.1. The number of para-hydroxylation sites is 1. The molecule has 0 saturated carbocycles. The van der Waals surface area contributed by atoms with E-state index in [1.54, 1.807) is 81.7 Å². The number of thioether (sulfide) groups is 1. The fourth-order valence-electron chi connectivity index (χ4n) is 11.0. The van der Waals surface area contributed by atoms with Crippen molar-refractivity contribution in [3.8, 4) is 5.75 Å². The summed E-state index contributed by atoms with van der Waals surface area (Å²) in [6.07, 6.45) is 1.95. The van der Waals surface area contributed by atoms with Gasteiger partial charge in [0.2, 0.25) is 53.2 Å². The Morgan fingerprint density at radius 2 is 0.944 bits per heavy atom. The lowest BCUT2D eigenvalue weighted by Gasteiger charge is -2.32. The van der Waals surface area contributed by atoms with E-state index in [1.165, 1.54) is 43.0 Å². The molecule has 2 heterocycles. The number of hydrogen-bond acceptors (Lipinski definition) is 23. The van der Waals surface area contributed by atoms with Gasteiger partial charge in [-0.05, 0) is 60.2 Å². The molecule has 36 nitrogen and oxygen atoms in total. The van der Waals surface area contributed by atoms with Crippen molar-refractivity contribution in [1.82, 2.24) is 67.1 Å². The largest absolute Gasteiger partial charge is 0.508 e. The second kappa shape index (κ2) is 48.4. The van der Waals surface area contributed by atoms with Crippen LogP contribution in [0.15, 0.2) is 85.1 Å². The maximum atomic E-state index is 14.5. The third kappa shape index (κ3) is 35.4. The number of fused-ring (bicyclic) bond motifs is 1. The summed E-state index contributed by atoms with van der Waals surface area (Å²) in [5, 5.41) is 69.4. The van der Waals surface area contributed by atoms with Crippen molar-refractivity contribution in [2.24, 2.45) is 5.73 Å². The number of aliphatic carboxylic acids is 4. The molecule has 0 unspecified atom stereocenters. The predicted molar refractivity (Wildman–Crippen MR) is 388 cm³/mol. The first-order chi connectivity index (χ1) is 51.2. The lowest BCUT2D eigenvalue weighted by molar-refractivity contribution is -0.141. The molecule has 107 heavy (non-hydrogen) atoms. The van der Waals surface area contributed by atoms with Crippen LogP contribution in [0.4, 0.5) is 0 Å². The average molecular weight is 1520 g/mol. The van der Waals surface area contributed by atoms with E-state index in [4.69, 9.17) is 24.7 Å². The number of phenols is 1. The van der Waals surface area contributed by atoms with Crippen molar-refractivity contribution in [3.63, 3.8) is 0 Å². The highest BCUT2D eigenvalue weighted by Crippen LogP contribution is 2.20. The topological polar surface area (TPSA) is 511 Å². The summed E-state index contributed by atoms with van der Waals surface area (Å²) in [6.45, 7) is 3.44. The molecular weight excluding hydrogens is 1420 g/mol. The van der Waals surface area contributed by atoms with Crippen molar-refractivity contribution in [1.29, 1.82) is 0 Å². The zero-order chi connectivity index (χ0) is 78.0. The van der Waals surface area contributed by atoms with Gasteiger partial charge in [-0.15, -0.1) is 0 Å². The van der Waals surface area contributed by atoms with Crippen LogP contribution in [0.1, 0.15) is 42.9 Å². The number of hydrogen-bond donors (Lipinski definition) is 15. The number of phenolic OH excluding ortho intramolecular Hbond substituents is 1. The van der Waals surface area contributed by atoms with Gasteiger partial charge in [0, 0.05) is 102 Å². The number of aromatic hydroxyl groups is 1.